The number of hydrogen-bond donors (Lipinski definition) is 4. The number of nitrogens with two attached hydrogens (primary N) is 1. The van der Waals surface area contributed by atoms with Crippen LogP contribution in [0.25, 0.3) is 5.57 Å². The number of carboxylic acid groups (broad SMARTS) is 1. The molecule has 1 aliphatic heterocycles. The number of rotatable bonds is 3. The van der Waals surface area contributed by atoms with Gasteiger partial charge in [-0.15, -0.1) is 11.3 Å². The van der Waals surface area contributed by atoms with Crippen LogP contribution in [0.2, 0.25) is 0 Å². The SMILES string of the molecule is NNC(=O)[C@@]1(c2cccs2)C=C(C(=O)O)c2ccccc2N1. The van der Waals surface area contributed by atoms with Gasteiger partial charge in [-0.1, -0.05) is 24.3 Å². The number of hydrogen-bond acceptors (Lipinski definition) is 5. The van der Waals surface area contributed by atoms with Gasteiger partial charge in [0, 0.05) is 16.1 Å². The molecule has 5 N–H and O–H groups in total. The van der Waals surface area contributed by atoms with E-state index < -0.39 is 17.4 Å². The molecule has 0 aliphatic carbocycles. The number of fused-ring (bicyclic) bond motifs is 1. The second-order valence-corrected chi connectivity index (χ2v) is 5.74. The number of anilines is 1. The largest absolute Gasteiger partial charge is 0.478 e. The summed E-state index contributed by atoms with van der Waals surface area (Å²) in [4.78, 5) is 24.7. The summed E-state index contributed by atoms with van der Waals surface area (Å²) >= 11 is 1.34. The van der Waals surface area contributed by atoms with E-state index in [1.54, 1.807) is 36.4 Å². The highest BCUT2D eigenvalue weighted by molar-refractivity contribution is 7.10. The molecule has 1 amide bonds. The van der Waals surface area contributed by atoms with E-state index in [4.69, 9.17) is 5.84 Å². The lowest BCUT2D eigenvalue weighted by atomic mass is 9.86. The van der Waals surface area contributed by atoms with Gasteiger partial charge in [-0.3, -0.25) is 10.2 Å². The van der Waals surface area contributed by atoms with Gasteiger partial charge in [0.05, 0.1) is 5.57 Å². The molecule has 1 atom stereocenters. The van der Waals surface area contributed by atoms with Crippen LogP contribution in [0.1, 0.15) is 10.4 Å². The summed E-state index contributed by atoms with van der Waals surface area (Å²) in [7, 11) is 0. The monoisotopic (exact) mass is 315 g/mol. The lowest BCUT2D eigenvalue weighted by molar-refractivity contribution is -0.130. The van der Waals surface area contributed by atoms with Crippen LogP contribution in [0.5, 0.6) is 0 Å². The Kier molecular flexibility index (Phi) is 3.44. The van der Waals surface area contributed by atoms with Crippen molar-refractivity contribution in [2.45, 2.75) is 5.54 Å². The van der Waals surface area contributed by atoms with Crippen molar-refractivity contribution in [3.05, 3.63) is 58.3 Å². The van der Waals surface area contributed by atoms with Crippen LogP contribution in [-0.2, 0) is 15.1 Å². The number of carbonyl (C=O) groups is 2. The van der Waals surface area contributed by atoms with Crippen LogP contribution in [-0.4, -0.2) is 17.0 Å². The third-order valence-electron chi connectivity index (χ3n) is 3.54. The van der Waals surface area contributed by atoms with Crippen LogP contribution in [0, 0.1) is 0 Å². The Balaban J connectivity index is 2.27. The molecule has 112 valence electrons. The zero-order valence-electron chi connectivity index (χ0n) is 11.4. The highest BCUT2D eigenvalue weighted by atomic mass is 32.1. The van der Waals surface area contributed by atoms with E-state index >= 15 is 0 Å². The van der Waals surface area contributed by atoms with Gasteiger partial charge in [-0.05, 0) is 23.6 Å². The maximum absolute atomic E-state index is 12.4. The number of aliphatic carboxylic acids is 1. The molecular weight excluding hydrogens is 302 g/mol. The minimum absolute atomic E-state index is 0.0614. The van der Waals surface area contributed by atoms with Gasteiger partial charge < -0.3 is 10.4 Å². The molecule has 0 saturated carbocycles. The molecule has 1 aromatic heterocycles. The zero-order chi connectivity index (χ0) is 15.7. The summed E-state index contributed by atoms with van der Waals surface area (Å²) in [6, 6.07) is 10.5. The van der Waals surface area contributed by atoms with Gasteiger partial charge in [0.1, 0.15) is 0 Å². The van der Waals surface area contributed by atoms with Crippen molar-refractivity contribution in [1.29, 1.82) is 0 Å². The second kappa shape index (κ2) is 5.28. The molecule has 0 fully saturated rings. The quantitative estimate of drug-likeness (QED) is 0.390. The van der Waals surface area contributed by atoms with Crippen molar-refractivity contribution < 1.29 is 14.7 Å². The topological polar surface area (TPSA) is 104 Å². The van der Waals surface area contributed by atoms with Crippen LogP contribution < -0.4 is 16.6 Å². The molecular formula is C15H13N3O3S. The molecule has 1 aliphatic rings. The molecule has 2 aromatic rings. The van der Waals surface area contributed by atoms with Crippen molar-refractivity contribution in [2.75, 3.05) is 5.32 Å². The summed E-state index contributed by atoms with van der Waals surface area (Å²) in [5.74, 6) is 3.70. The van der Waals surface area contributed by atoms with Gasteiger partial charge in [0.25, 0.3) is 5.91 Å². The van der Waals surface area contributed by atoms with Crippen LogP contribution in [0.3, 0.4) is 0 Å². The molecule has 22 heavy (non-hydrogen) atoms. The smallest absolute Gasteiger partial charge is 0.336 e. The van der Waals surface area contributed by atoms with E-state index in [2.05, 4.69) is 10.7 Å². The first-order valence-electron chi connectivity index (χ1n) is 6.47. The number of carboxylic acids is 1. The average molecular weight is 315 g/mol. The molecule has 0 bridgehead atoms. The first-order chi connectivity index (χ1) is 10.6. The van der Waals surface area contributed by atoms with Crippen LogP contribution in [0.15, 0.2) is 47.9 Å². The van der Waals surface area contributed by atoms with Gasteiger partial charge >= 0.3 is 5.97 Å². The summed E-state index contributed by atoms with van der Waals surface area (Å²) in [5.41, 5.74) is 1.94. The van der Waals surface area contributed by atoms with Crippen molar-refractivity contribution in [3.8, 4) is 0 Å². The van der Waals surface area contributed by atoms with Gasteiger partial charge in [0.2, 0.25) is 0 Å². The highest BCUT2D eigenvalue weighted by Gasteiger charge is 2.43. The number of benzene rings is 1. The average Bonchev–Trinajstić information content (AvgIpc) is 3.07. The lowest BCUT2D eigenvalue weighted by Crippen LogP contribution is -2.52. The molecule has 1 aromatic carbocycles. The predicted octanol–water partition coefficient (Wildman–Crippen LogP) is 1.53. The zero-order valence-corrected chi connectivity index (χ0v) is 12.2. The number of nitrogens with one attached hydrogen (secondary N) is 2. The van der Waals surface area contributed by atoms with Gasteiger partial charge in [-0.25, -0.2) is 10.6 Å². The number of amides is 1. The van der Waals surface area contributed by atoms with E-state index in [1.165, 1.54) is 17.4 Å². The Hall–Kier alpha value is -2.64. The molecule has 7 heteroatoms. The van der Waals surface area contributed by atoms with E-state index in [-0.39, 0.29) is 5.57 Å². The minimum atomic E-state index is -1.34. The fraction of sp³-hybridized carbons (Fsp3) is 0.0667. The maximum atomic E-state index is 12.4. The Labute approximate surface area is 130 Å². The first kappa shape index (κ1) is 14.3. The standard InChI is InChI=1S/C15H13N3O3S/c16-18-14(21)15(12-6-3-7-22-12)8-10(13(19)20)9-4-1-2-5-11(9)17-15/h1-8,17H,16H2,(H,18,21)(H,19,20)/t15-/m0/s1. The summed E-state index contributed by atoms with van der Waals surface area (Å²) < 4.78 is 0. The summed E-state index contributed by atoms with van der Waals surface area (Å²) in [5, 5.41) is 14.5. The van der Waals surface area contributed by atoms with Crippen molar-refractivity contribution in [3.63, 3.8) is 0 Å². The Morgan fingerprint density at radius 1 is 1.23 bits per heavy atom. The Bertz CT molecular complexity index is 770. The van der Waals surface area contributed by atoms with E-state index in [9.17, 15) is 14.7 Å². The second-order valence-electron chi connectivity index (χ2n) is 4.79. The van der Waals surface area contributed by atoms with Gasteiger partial charge in [0.15, 0.2) is 5.54 Å². The van der Waals surface area contributed by atoms with E-state index in [1.807, 2.05) is 5.38 Å². The van der Waals surface area contributed by atoms with E-state index in [0.717, 1.165) is 0 Å². The van der Waals surface area contributed by atoms with Gasteiger partial charge in [-0.2, -0.15) is 0 Å². The number of para-hydroxylation sites is 1. The molecule has 0 radical (unpaired) electrons. The molecule has 0 spiro atoms. The van der Waals surface area contributed by atoms with Crippen molar-refractivity contribution >= 4 is 34.5 Å². The number of carbonyl (C=O) groups excluding carboxylic acids is 1. The predicted molar refractivity (Wildman–Crippen MR) is 84.0 cm³/mol. The third-order valence-corrected chi connectivity index (χ3v) is 4.54. The molecule has 6 nitrogen and oxygen atoms in total. The Morgan fingerprint density at radius 3 is 2.64 bits per heavy atom. The van der Waals surface area contributed by atoms with Crippen molar-refractivity contribution in [1.82, 2.24) is 5.43 Å². The maximum Gasteiger partial charge on any atom is 0.336 e. The lowest BCUT2D eigenvalue weighted by Gasteiger charge is -2.35. The fourth-order valence-corrected chi connectivity index (χ4v) is 3.38. The number of thiophene rings is 1. The summed E-state index contributed by atoms with van der Waals surface area (Å²) in [6.07, 6.45) is 1.41. The summed E-state index contributed by atoms with van der Waals surface area (Å²) in [6.45, 7) is 0. The van der Waals surface area contributed by atoms with E-state index in [0.29, 0.717) is 16.1 Å². The first-order valence-corrected chi connectivity index (χ1v) is 7.35. The molecule has 3 rings (SSSR count). The molecule has 2 heterocycles. The minimum Gasteiger partial charge on any atom is -0.478 e. The molecule has 0 unspecified atom stereocenters. The highest BCUT2D eigenvalue weighted by Crippen LogP contribution is 2.40. The Morgan fingerprint density at radius 2 is 2.00 bits per heavy atom. The third kappa shape index (κ3) is 2.07. The van der Waals surface area contributed by atoms with Crippen LogP contribution in [0.4, 0.5) is 5.69 Å². The van der Waals surface area contributed by atoms with Crippen molar-refractivity contribution in [2.24, 2.45) is 5.84 Å². The normalized spacial score (nSPS) is 19.6. The fourth-order valence-electron chi connectivity index (χ4n) is 2.53. The van der Waals surface area contributed by atoms with Crippen LogP contribution >= 0.6 is 11.3 Å². The number of hydrazine groups is 1. The molecule has 0 saturated heterocycles.